The normalized spacial score (nSPS) is 13.6. The molecule has 0 bridgehead atoms. The van der Waals surface area contributed by atoms with Gasteiger partial charge in [0.25, 0.3) is 11.8 Å². The Bertz CT molecular complexity index is 737. The Hall–Kier alpha value is -1.70. The van der Waals surface area contributed by atoms with Crippen LogP contribution in [0.2, 0.25) is 19.6 Å². The molecular weight excluding hydrogens is 486 g/mol. The Morgan fingerprint density at radius 1 is 0.556 bits per heavy atom. The van der Waals surface area contributed by atoms with Gasteiger partial charge in [-0.05, 0) is 31.8 Å². The van der Waals surface area contributed by atoms with Crippen LogP contribution in [0.1, 0.15) is 20.7 Å². The number of hydrogen-bond donors (Lipinski definition) is 0. The first-order chi connectivity index (χ1) is 17.4. The summed E-state index contributed by atoms with van der Waals surface area (Å²) in [6.07, 6.45) is 0. The molecule has 1 aromatic carbocycles. The molecule has 2 amide bonds. The van der Waals surface area contributed by atoms with Crippen molar-refractivity contribution in [2.45, 2.75) is 19.6 Å². The number of rotatable bonds is 22. The zero-order valence-corrected chi connectivity index (χ0v) is 22.8. The van der Waals surface area contributed by atoms with E-state index in [-0.39, 0.29) is 25.0 Å². The van der Waals surface area contributed by atoms with Gasteiger partial charge in [0.05, 0.1) is 104 Å². The molecule has 0 saturated heterocycles. The van der Waals surface area contributed by atoms with Crippen LogP contribution in [0.15, 0.2) is 24.3 Å². The summed E-state index contributed by atoms with van der Waals surface area (Å²) in [6, 6.07) is 6.83. The van der Waals surface area contributed by atoms with Gasteiger partial charge in [0.1, 0.15) is 0 Å². The lowest BCUT2D eigenvalue weighted by molar-refractivity contribution is -0.0183. The fraction of sp³-hybridized carbons (Fsp3) is 0.680. The Labute approximate surface area is 215 Å². The highest BCUT2D eigenvalue weighted by Gasteiger charge is 2.34. The fourth-order valence-corrected chi connectivity index (χ4v) is 3.90. The van der Waals surface area contributed by atoms with Crippen LogP contribution in [0.3, 0.4) is 0 Å². The third-order valence-electron chi connectivity index (χ3n) is 4.96. The van der Waals surface area contributed by atoms with Crippen molar-refractivity contribution in [2.24, 2.45) is 0 Å². The molecule has 0 aliphatic carbocycles. The van der Waals surface area contributed by atoms with E-state index < -0.39 is 8.32 Å². The predicted octanol–water partition coefficient (Wildman–Crippen LogP) is 2.23. The molecule has 0 spiro atoms. The molecule has 2 rings (SSSR count). The SMILES string of the molecule is C[Si](C)(C)OCCOCCOCCOCCOCCOCCOCCN1C(=O)c2ccccc2C1=O. The molecular formula is C25H41NO9Si. The van der Waals surface area contributed by atoms with Crippen molar-refractivity contribution < 1.29 is 42.4 Å². The molecule has 11 heteroatoms. The number of amides is 2. The van der Waals surface area contributed by atoms with Gasteiger partial charge >= 0.3 is 0 Å². The molecule has 0 unspecified atom stereocenters. The van der Waals surface area contributed by atoms with Crippen LogP contribution in [-0.2, 0) is 32.8 Å². The van der Waals surface area contributed by atoms with Gasteiger partial charge in [-0.15, -0.1) is 0 Å². The number of carbonyl (C=O) groups excluding carboxylic acids is 2. The van der Waals surface area contributed by atoms with Gasteiger partial charge in [-0.1, -0.05) is 12.1 Å². The molecule has 1 heterocycles. The lowest BCUT2D eigenvalue weighted by Crippen LogP contribution is -2.33. The maximum absolute atomic E-state index is 12.3. The Kier molecular flexibility index (Phi) is 15.0. The molecule has 0 atom stereocenters. The van der Waals surface area contributed by atoms with Crippen molar-refractivity contribution in [1.82, 2.24) is 4.90 Å². The van der Waals surface area contributed by atoms with Gasteiger partial charge in [-0.3, -0.25) is 14.5 Å². The Morgan fingerprint density at radius 3 is 1.25 bits per heavy atom. The van der Waals surface area contributed by atoms with Crippen molar-refractivity contribution >= 4 is 20.1 Å². The highest BCUT2D eigenvalue weighted by atomic mass is 28.4. The number of ether oxygens (including phenoxy) is 6. The molecule has 204 valence electrons. The van der Waals surface area contributed by atoms with E-state index in [1.165, 1.54) is 4.90 Å². The highest BCUT2D eigenvalue weighted by Crippen LogP contribution is 2.21. The van der Waals surface area contributed by atoms with Gasteiger partial charge < -0.3 is 32.8 Å². The quantitative estimate of drug-likeness (QED) is 0.128. The lowest BCUT2D eigenvalue weighted by atomic mass is 10.1. The number of hydrogen-bond acceptors (Lipinski definition) is 9. The number of imide groups is 1. The third kappa shape index (κ3) is 12.5. The molecule has 1 aromatic rings. The first-order valence-electron chi connectivity index (χ1n) is 12.5. The van der Waals surface area contributed by atoms with Crippen LogP contribution in [0.25, 0.3) is 0 Å². The summed E-state index contributed by atoms with van der Waals surface area (Å²) in [7, 11) is -1.45. The summed E-state index contributed by atoms with van der Waals surface area (Å²) in [4.78, 5) is 25.7. The van der Waals surface area contributed by atoms with E-state index in [1.807, 2.05) is 0 Å². The van der Waals surface area contributed by atoms with E-state index in [0.29, 0.717) is 90.4 Å². The summed E-state index contributed by atoms with van der Waals surface area (Å²) in [5.41, 5.74) is 0.898. The van der Waals surface area contributed by atoms with Crippen LogP contribution in [0, 0.1) is 0 Å². The second kappa shape index (κ2) is 17.7. The molecule has 0 saturated carbocycles. The van der Waals surface area contributed by atoms with E-state index in [4.69, 9.17) is 32.8 Å². The van der Waals surface area contributed by atoms with Crippen molar-refractivity contribution in [1.29, 1.82) is 0 Å². The van der Waals surface area contributed by atoms with Crippen LogP contribution in [0.5, 0.6) is 0 Å². The van der Waals surface area contributed by atoms with E-state index >= 15 is 0 Å². The minimum atomic E-state index is -1.45. The Balaban J connectivity index is 1.27. The van der Waals surface area contributed by atoms with Crippen LogP contribution in [0.4, 0.5) is 0 Å². The van der Waals surface area contributed by atoms with Crippen molar-refractivity contribution in [3.63, 3.8) is 0 Å². The van der Waals surface area contributed by atoms with E-state index in [1.54, 1.807) is 24.3 Å². The van der Waals surface area contributed by atoms with Gasteiger partial charge in [-0.2, -0.15) is 0 Å². The average Bonchev–Trinajstić information content (AvgIpc) is 3.09. The van der Waals surface area contributed by atoms with Gasteiger partial charge in [0, 0.05) is 0 Å². The first kappa shape index (κ1) is 30.5. The van der Waals surface area contributed by atoms with Gasteiger partial charge in [-0.25, -0.2) is 0 Å². The van der Waals surface area contributed by atoms with Crippen LogP contribution >= 0.6 is 0 Å². The molecule has 36 heavy (non-hydrogen) atoms. The van der Waals surface area contributed by atoms with Gasteiger partial charge in [0.15, 0.2) is 8.32 Å². The van der Waals surface area contributed by atoms with E-state index in [9.17, 15) is 9.59 Å². The molecule has 0 fully saturated rings. The maximum Gasteiger partial charge on any atom is 0.261 e. The Morgan fingerprint density at radius 2 is 0.889 bits per heavy atom. The topological polar surface area (TPSA) is 102 Å². The predicted molar refractivity (Wildman–Crippen MR) is 136 cm³/mol. The minimum absolute atomic E-state index is 0.225. The van der Waals surface area contributed by atoms with Crippen molar-refractivity contribution in [3.05, 3.63) is 35.4 Å². The summed E-state index contributed by atoms with van der Waals surface area (Å²) >= 11 is 0. The summed E-state index contributed by atoms with van der Waals surface area (Å²) in [6.45, 7) is 13.0. The van der Waals surface area contributed by atoms with Crippen LogP contribution < -0.4 is 0 Å². The molecule has 10 nitrogen and oxygen atoms in total. The average molecular weight is 528 g/mol. The number of nitrogens with zero attached hydrogens (tertiary/aromatic N) is 1. The summed E-state index contributed by atoms with van der Waals surface area (Å²) in [5, 5.41) is 0. The zero-order chi connectivity index (χ0) is 26.1. The minimum Gasteiger partial charge on any atom is -0.415 e. The monoisotopic (exact) mass is 527 g/mol. The molecule has 1 aliphatic heterocycles. The summed E-state index contributed by atoms with van der Waals surface area (Å²) in [5.74, 6) is -0.540. The zero-order valence-electron chi connectivity index (χ0n) is 21.8. The third-order valence-corrected chi connectivity index (χ3v) is 6.03. The number of fused-ring (bicyclic) bond motifs is 1. The largest absolute Gasteiger partial charge is 0.415 e. The molecule has 0 aromatic heterocycles. The van der Waals surface area contributed by atoms with E-state index in [0.717, 1.165) is 0 Å². The molecule has 1 aliphatic rings. The molecule has 0 N–H and O–H groups in total. The lowest BCUT2D eigenvalue weighted by Gasteiger charge is -2.16. The number of benzene rings is 1. The standard InChI is InChI=1S/C25H41NO9Si/c1-36(2,3)35-21-20-34-19-18-33-17-16-32-15-14-31-13-12-30-11-10-29-9-8-26-24(27)22-6-4-5-7-23(22)25(26)28/h4-7H,8-21H2,1-3H3. The van der Waals surface area contributed by atoms with Gasteiger partial charge in [0.2, 0.25) is 0 Å². The second-order valence-electron chi connectivity index (χ2n) is 8.94. The smallest absolute Gasteiger partial charge is 0.261 e. The van der Waals surface area contributed by atoms with Crippen molar-refractivity contribution in [3.8, 4) is 0 Å². The van der Waals surface area contributed by atoms with Crippen molar-refractivity contribution in [2.75, 3.05) is 92.4 Å². The second-order valence-corrected chi connectivity index (χ2v) is 13.5. The first-order valence-corrected chi connectivity index (χ1v) is 15.9. The highest BCUT2D eigenvalue weighted by molar-refractivity contribution is 6.69. The van der Waals surface area contributed by atoms with Crippen LogP contribution in [-0.4, -0.2) is 117 Å². The summed E-state index contributed by atoms with van der Waals surface area (Å²) < 4.78 is 38.4. The van der Waals surface area contributed by atoms with E-state index in [2.05, 4.69) is 19.6 Å². The fourth-order valence-electron chi connectivity index (χ4n) is 3.21. The molecule has 0 radical (unpaired) electrons. The number of carbonyl (C=O) groups is 2. The maximum atomic E-state index is 12.3.